The minimum atomic E-state index is -0.589. The maximum absolute atomic E-state index is 12.1. The van der Waals surface area contributed by atoms with Gasteiger partial charge >= 0.3 is 0 Å². The van der Waals surface area contributed by atoms with Crippen LogP contribution in [0.5, 0.6) is 11.5 Å². The van der Waals surface area contributed by atoms with Gasteiger partial charge in [0, 0.05) is 5.56 Å². The summed E-state index contributed by atoms with van der Waals surface area (Å²) >= 11 is 0. The molecule has 0 amide bonds. The van der Waals surface area contributed by atoms with E-state index >= 15 is 0 Å². The number of benzene rings is 1. The second-order valence-electron chi connectivity index (χ2n) is 3.97. The fourth-order valence-electron chi connectivity index (χ4n) is 1.83. The van der Waals surface area contributed by atoms with Crippen LogP contribution in [0.2, 0.25) is 0 Å². The summed E-state index contributed by atoms with van der Waals surface area (Å²) in [4.78, 5) is 12.1. The van der Waals surface area contributed by atoms with Crippen LogP contribution in [0.25, 0.3) is 0 Å². The lowest BCUT2D eigenvalue weighted by atomic mass is 9.93. The molecule has 0 N–H and O–H groups in total. The van der Waals surface area contributed by atoms with E-state index in [0.717, 1.165) is 5.56 Å². The second-order valence-corrected chi connectivity index (χ2v) is 3.97. The normalized spacial score (nSPS) is 14.2. The average Bonchev–Trinajstić information content (AvgIpc) is 2.76. The Kier molecular flexibility index (Phi) is 3.01. The molecular weight excluding hydrogens is 218 g/mol. The number of nitrogens with zero attached hydrogens (tertiary/aromatic N) is 1. The van der Waals surface area contributed by atoms with Crippen molar-refractivity contribution in [2.75, 3.05) is 6.79 Å². The Morgan fingerprint density at radius 1 is 1.47 bits per heavy atom. The molecule has 2 rings (SSSR count). The van der Waals surface area contributed by atoms with Gasteiger partial charge in [0.15, 0.2) is 17.3 Å². The molecule has 1 aliphatic heterocycles. The Bertz CT molecular complexity index is 502. The molecule has 4 nitrogen and oxygen atoms in total. The monoisotopic (exact) mass is 231 g/mol. The highest BCUT2D eigenvalue weighted by atomic mass is 16.7. The number of hydrogen-bond donors (Lipinski definition) is 0. The van der Waals surface area contributed by atoms with Crippen LogP contribution < -0.4 is 9.47 Å². The van der Waals surface area contributed by atoms with Crippen LogP contribution in [-0.4, -0.2) is 12.6 Å². The predicted octanol–water partition coefficient (Wildman–Crippen LogP) is 2.46. The zero-order valence-corrected chi connectivity index (χ0v) is 9.82. The van der Waals surface area contributed by atoms with Gasteiger partial charge < -0.3 is 9.47 Å². The van der Waals surface area contributed by atoms with E-state index < -0.39 is 5.92 Å². The number of rotatable bonds is 3. The third-order valence-corrected chi connectivity index (χ3v) is 2.87. The van der Waals surface area contributed by atoms with Crippen molar-refractivity contribution in [1.29, 1.82) is 5.26 Å². The topological polar surface area (TPSA) is 59.3 Å². The fourth-order valence-corrected chi connectivity index (χ4v) is 1.83. The van der Waals surface area contributed by atoms with Crippen LogP contribution in [0.3, 0.4) is 0 Å². The minimum absolute atomic E-state index is 0.147. The maximum atomic E-state index is 12.1. The van der Waals surface area contributed by atoms with Gasteiger partial charge in [0.1, 0.15) is 5.92 Å². The lowest BCUT2D eigenvalue weighted by Gasteiger charge is -2.09. The summed E-state index contributed by atoms with van der Waals surface area (Å²) in [6.07, 6.45) is 0.517. The molecular formula is C13H13NO3. The highest BCUT2D eigenvalue weighted by molar-refractivity contribution is 6.01. The van der Waals surface area contributed by atoms with Gasteiger partial charge in [0.25, 0.3) is 0 Å². The number of aryl methyl sites for hydroxylation is 1. The molecule has 0 aliphatic carbocycles. The van der Waals surface area contributed by atoms with Crippen molar-refractivity contribution in [2.24, 2.45) is 5.92 Å². The van der Waals surface area contributed by atoms with Gasteiger partial charge in [-0.05, 0) is 31.0 Å². The number of ketones is 1. The summed E-state index contributed by atoms with van der Waals surface area (Å²) in [6.45, 7) is 3.84. The van der Waals surface area contributed by atoms with Crippen molar-refractivity contribution in [2.45, 2.75) is 20.3 Å². The van der Waals surface area contributed by atoms with Crippen LogP contribution in [-0.2, 0) is 0 Å². The second kappa shape index (κ2) is 4.46. The summed E-state index contributed by atoms with van der Waals surface area (Å²) < 4.78 is 10.5. The summed E-state index contributed by atoms with van der Waals surface area (Å²) in [5.41, 5.74) is 1.36. The van der Waals surface area contributed by atoms with E-state index in [-0.39, 0.29) is 12.6 Å². The van der Waals surface area contributed by atoms with Crippen molar-refractivity contribution in [3.05, 3.63) is 23.3 Å². The first-order valence-corrected chi connectivity index (χ1v) is 5.51. The van der Waals surface area contributed by atoms with Crippen LogP contribution in [0, 0.1) is 24.2 Å². The quantitative estimate of drug-likeness (QED) is 0.750. The molecule has 1 atom stereocenters. The first-order valence-electron chi connectivity index (χ1n) is 5.51. The van der Waals surface area contributed by atoms with Crippen LogP contribution in [0.15, 0.2) is 12.1 Å². The number of carbonyl (C=O) groups excluding carboxylic acids is 1. The largest absolute Gasteiger partial charge is 0.454 e. The zero-order chi connectivity index (χ0) is 12.4. The van der Waals surface area contributed by atoms with E-state index in [1.165, 1.54) is 0 Å². The molecule has 0 fully saturated rings. The standard InChI is InChI=1S/C13H13NO3/c1-3-9(6-14)13(15)10-5-12-11(4-8(10)2)16-7-17-12/h4-5,9H,3,7H2,1-2H3. The molecule has 1 unspecified atom stereocenters. The first kappa shape index (κ1) is 11.5. The molecule has 4 heteroatoms. The molecule has 0 saturated carbocycles. The third-order valence-electron chi connectivity index (χ3n) is 2.87. The van der Waals surface area contributed by atoms with Gasteiger partial charge in [-0.25, -0.2) is 0 Å². The molecule has 0 radical (unpaired) electrons. The van der Waals surface area contributed by atoms with Gasteiger partial charge in [-0.3, -0.25) is 4.79 Å². The smallest absolute Gasteiger partial charge is 0.231 e. The molecule has 17 heavy (non-hydrogen) atoms. The summed E-state index contributed by atoms with van der Waals surface area (Å²) in [5.74, 6) is 0.496. The van der Waals surface area contributed by atoms with E-state index in [1.54, 1.807) is 12.1 Å². The van der Waals surface area contributed by atoms with Crippen molar-refractivity contribution in [3.8, 4) is 17.6 Å². The van der Waals surface area contributed by atoms with E-state index in [9.17, 15) is 4.79 Å². The highest BCUT2D eigenvalue weighted by Gasteiger charge is 2.23. The zero-order valence-electron chi connectivity index (χ0n) is 9.82. The highest BCUT2D eigenvalue weighted by Crippen LogP contribution is 2.35. The van der Waals surface area contributed by atoms with Gasteiger partial charge in [-0.1, -0.05) is 6.92 Å². The Balaban J connectivity index is 2.40. The van der Waals surface area contributed by atoms with Crippen molar-refractivity contribution in [1.82, 2.24) is 0 Å². The van der Waals surface area contributed by atoms with E-state index in [2.05, 4.69) is 0 Å². The molecule has 1 aromatic carbocycles. The average molecular weight is 231 g/mol. The summed E-state index contributed by atoms with van der Waals surface area (Å²) in [6, 6.07) is 5.47. The molecule has 0 aromatic heterocycles. The molecule has 1 aliphatic rings. The minimum Gasteiger partial charge on any atom is -0.454 e. The van der Waals surface area contributed by atoms with Crippen molar-refractivity contribution >= 4 is 5.78 Å². The number of nitriles is 1. The van der Waals surface area contributed by atoms with E-state index in [1.807, 2.05) is 19.9 Å². The Hall–Kier alpha value is -2.02. The summed E-state index contributed by atoms with van der Waals surface area (Å²) in [7, 11) is 0. The maximum Gasteiger partial charge on any atom is 0.231 e. The van der Waals surface area contributed by atoms with Gasteiger partial charge in [0.05, 0.1) is 6.07 Å². The van der Waals surface area contributed by atoms with Crippen molar-refractivity contribution in [3.63, 3.8) is 0 Å². The number of fused-ring (bicyclic) bond motifs is 1. The molecule has 1 aromatic rings. The fraction of sp³-hybridized carbons (Fsp3) is 0.385. The predicted molar refractivity (Wildman–Crippen MR) is 61.0 cm³/mol. The molecule has 0 bridgehead atoms. The Labute approximate surface area is 99.8 Å². The lowest BCUT2D eigenvalue weighted by Crippen LogP contribution is -2.13. The van der Waals surface area contributed by atoms with Gasteiger partial charge in [-0.2, -0.15) is 5.26 Å². The Morgan fingerprint density at radius 2 is 2.12 bits per heavy atom. The number of Topliss-reactive ketones (excluding diaryl/α,β-unsaturated/α-hetero) is 1. The number of carbonyl (C=O) groups is 1. The molecule has 0 spiro atoms. The number of hydrogen-bond acceptors (Lipinski definition) is 4. The van der Waals surface area contributed by atoms with Gasteiger partial charge in [0.2, 0.25) is 6.79 Å². The van der Waals surface area contributed by atoms with Crippen molar-refractivity contribution < 1.29 is 14.3 Å². The molecule has 1 heterocycles. The van der Waals surface area contributed by atoms with Crippen LogP contribution in [0.1, 0.15) is 29.3 Å². The SMILES string of the molecule is CCC(C#N)C(=O)c1cc2c(cc1C)OCO2. The van der Waals surface area contributed by atoms with Crippen LogP contribution in [0.4, 0.5) is 0 Å². The third kappa shape index (κ3) is 1.96. The van der Waals surface area contributed by atoms with Crippen LogP contribution >= 0.6 is 0 Å². The van der Waals surface area contributed by atoms with Gasteiger partial charge in [-0.15, -0.1) is 0 Å². The lowest BCUT2D eigenvalue weighted by molar-refractivity contribution is 0.0945. The molecule has 88 valence electrons. The van der Waals surface area contributed by atoms with E-state index in [0.29, 0.717) is 23.5 Å². The number of ether oxygens (including phenoxy) is 2. The summed E-state index contributed by atoms with van der Waals surface area (Å²) in [5, 5.41) is 8.92. The van der Waals surface area contributed by atoms with E-state index in [4.69, 9.17) is 14.7 Å². The molecule has 0 saturated heterocycles. The first-order chi connectivity index (χ1) is 8.17. The Morgan fingerprint density at radius 3 is 2.71 bits per heavy atom.